The first kappa shape index (κ1) is 21.8. The van der Waals surface area contributed by atoms with E-state index in [1.807, 2.05) is 0 Å². The maximum atomic E-state index is 12.4. The summed E-state index contributed by atoms with van der Waals surface area (Å²) in [5.74, 6) is -2.77. The highest BCUT2D eigenvalue weighted by molar-refractivity contribution is 7.91. The average molecular weight is 408 g/mol. The molecule has 0 fully saturated rings. The van der Waals surface area contributed by atoms with Crippen LogP contribution in [-0.4, -0.2) is 42.7 Å². The van der Waals surface area contributed by atoms with Crippen molar-refractivity contribution in [1.82, 2.24) is 4.98 Å². The molecule has 0 aliphatic carbocycles. The number of carboxylic acid groups (broad SMARTS) is 1. The van der Waals surface area contributed by atoms with Gasteiger partial charge in [0, 0.05) is 12.1 Å². The van der Waals surface area contributed by atoms with Crippen molar-refractivity contribution in [3.63, 3.8) is 0 Å². The molecule has 2 aromatic rings. The number of rotatable bonds is 4. The summed E-state index contributed by atoms with van der Waals surface area (Å²) in [5.41, 5.74) is -0.588. The van der Waals surface area contributed by atoms with Crippen molar-refractivity contribution < 1.29 is 41.2 Å². The summed E-state index contributed by atoms with van der Waals surface area (Å²) in [6.07, 6.45) is -5.08. The second kappa shape index (κ2) is 8.44. The molecule has 0 aliphatic rings. The fourth-order valence-electron chi connectivity index (χ4n) is 1.58. The zero-order valence-corrected chi connectivity index (χ0v) is 14.2. The molecule has 13 heteroatoms. The van der Waals surface area contributed by atoms with E-state index in [0.717, 1.165) is 6.07 Å². The molecule has 146 valence electrons. The van der Waals surface area contributed by atoms with Gasteiger partial charge in [0.1, 0.15) is 0 Å². The van der Waals surface area contributed by atoms with Gasteiger partial charge in [0.15, 0.2) is 0 Å². The van der Waals surface area contributed by atoms with Crippen molar-refractivity contribution in [2.45, 2.75) is 16.1 Å². The van der Waals surface area contributed by atoms with E-state index in [1.54, 1.807) is 6.07 Å². The van der Waals surface area contributed by atoms with Gasteiger partial charge in [0.2, 0.25) is 20.7 Å². The Morgan fingerprint density at radius 2 is 1.70 bits per heavy atom. The monoisotopic (exact) mass is 408 g/mol. The van der Waals surface area contributed by atoms with Gasteiger partial charge in [0.05, 0.1) is 16.9 Å². The first-order valence-electron chi connectivity index (χ1n) is 6.71. The first-order valence-corrected chi connectivity index (χ1v) is 8.19. The number of carbonyl (C=O) groups is 1. The minimum Gasteiger partial charge on any atom is -0.481 e. The molecule has 1 aromatic heterocycles. The van der Waals surface area contributed by atoms with Crippen molar-refractivity contribution in [1.29, 1.82) is 0 Å². The van der Waals surface area contributed by atoms with Crippen molar-refractivity contribution in [2.24, 2.45) is 0 Å². The third kappa shape index (κ3) is 5.64. The molecule has 0 radical (unpaired) electrons. The van der Waals surface area contributed by atoms with Crippen molar-refractivity contribution in [3.05, 3.63) is 52.6 Å². The van der Waals surface area contributed by atoms with Gasteiger partial charge in [-0.3, -0.25) is 10.1 Å². The number of ether oxygens (including phenoxy) is 1. The molecule has 2 rings (SSSR count). The van der Waals surface area contributed by atoms with Gasteiger partial charge in [-0.05, 0) is 12.1 Å². The van der Waals surface area contributed by atoms with Gasteiger partial charge in [-0.15, -0.1) is 0 Å². The van der Waals surface area contributed by atoms with Crippen LogP contribution in [-0.2, 0) is 14.6 Å². The summed E-state index contributed by atoms with van der Waals surface area (Å²) in [7, 11) is -2.78. The fraction of sp³-hybridized carbons (Fsp3) is 0.143. The zero-order chi connectivity index (χ0) is 20.8. The molecule has 0 saturated carbocycles. The summed E-state index contributed by atoms with van der Waals surface area (Å²) in [6, 6.07) is 9.69. The molecule has 0 amide bonds. The Kier molecular flexibility index (Phi) is 6.82. The maximum Gasteiger partial charge on any atom is 0.490 e. The number of aliphatic carboxylic acids is 1. The largest absolute Gasteiger partial charge is 0.490 e. The number of pyridine rings is 1. The van der Waals surface area contributed by atoms with Gasteiger partial charge >= 0.3 is 17.8 Å². The Hall–Kier alpha value is -3.22. The third-order valence-corrected chi connectivity index (χ3v) is 4.47. The third-order valence-electron chi connectivity index (χ3n) is 2.77. The number of carboxylic acids is 1. The van der Waals surface area contributed by atoms with Gasteiger partial charge in [-0.2, -0.15) is 18.2 Å². The van der Waals surface area contributed by atoms with Crippen LogP contribution in [0, 0.1) is 10.1 Å². The highest BCUT2D eigenvalue weighted by Crippen LogP contribution is 2.29. The first-order chi connectivity index (χ1) is 12.4. The SMILES string of the molecule is COc1ccc([N+](=O)[O-])c(S(=O)(=O)c2ccccc2)n1.O=C(O)C(F)(F)F. The standard InChI is InChI=1S/C12H10N2O5S.C2HF3O2/c1-19-11-8-7-10(14(15)16)12(13-11)20(17,18)9-5-3-2-4-6-9;3-2(4,5)1(6)7/h2-8H,1H3;(H,6,7). The Bertz CT molecular complexity index is 931. The molecular weight excluding hydrogens is 397 g/mol. The number of halogens is 3. The molecular formula is C14H11F3N2O7S. The van der Waals surface area contributed by atoms with Crippen molar-refractivity contribution >= 4 is 21.5 Å². The maximum absolute atomic E-state index is 12.4. The molecule has 0 atom stereocenters. The number of nitrogens with zero attached hydrogens (tertiary/aromatic N) is 2. The predicted molar refractivity (Wildman–Crippen MR) is 83.0 cm³/mol. The summed E-state index contributed by atoms with van der Waals surface area (Å²) in [6.45, 7) is 0. The van der Waals surface area contributed by atoms with Crippen LogP contribution in [0.4, 0.5) is 18.9 Å². The molecule has 1 heterocycles. The molecule has 0 spiro atoms. The lowest BCUT2D eigenvalue weighted by atomic mass is 10.4. The lowest BCUT2D eigenvalue weighted by molar-refractivity contribution is -0.388. The van der Waals surface area contributed by atoms with E-state index in [-0.39, 0.29) is 10.8 Å². The lowest BCUT2D eigenvalue weighted by Gasteiger charge is -2.06. The van der Waals surface area contributed by atoms with E-state index in [2.05, 4.69) is 4.98 Å². The molecule has 0 unspecified atom stereocenters. The van der Waals surface area contributed by atoms with Crippen LogP contribution >= 0.6 is 0 Å². The smallest absolute Gasteiger partial charge is 0.481 e. The van der Waals surface area contributed by atoms with Crippen LogP contribution in [0.25, 0.3) is 0 Å². The number of sulfone groups is 1. The highest BCUT2D eigenvalue weighted by atomic mass is 32.2. The number of hydrogen-bond donors (Lipinski definition) is 1. The number of nitro groups is 1. The molecule has 0 bridgehead atoms. The number of benzene rings is 1. The quantitative estimate of drug-likeness (QED) is 0.602. The van der Waals surface area contributed by atoms with E-state index in [9.17, 15) is 31.7 Å². The van der Waals surface area contributed by atoms with E-state index < -0.39 is 37.6 Å². The number of methoxy groups -OCH3 is 1. The Morgan fingerprint density at radius 1 is 1.19 bits per heavy atom. The van der Waals surface area contributed by atoms with E-state index >= 15 is 0 Å². The summed E-state index contributed by atoms with van der Waals surface area (Å²) < 4.78 is 61.4. The normalized spacial score (nSPS) is 11.1. The second-order valence-corrected chi connectivity index (χ2v) is 6.42. The van der Waals surface area contributed by atoms with Crippen molar-refractivity contribution in [2.75, 3.05) is 7.11 Å². The molecule has 0 aliphatic heterocycles. The number of aromatic nitrogens is 1. The number of hydrogen-bond acceptors (Lipinski definition) is 7. The van der Waals surface area contributed by atoms with Crippen molar-refractivity contribution in [3.8, 4) is 5.88 Å². The van der Waals surface area contributed by atoms with Crippen LogP contribution in [0.3, 0.4) is 0 Å². The van der Waals surface area contributed by atoms with Gasteiger partial charge < -0.3 is 9.84 Å². The van der Waals surface area contributed by atoms with E-state index in [4.69, 9.17) is 14.6 Å². The minimum atomic E-state index is -5.08. The molecule has 9 nitrogen and oxygen atoms in total. The predicted octanol–water partition coefficient (Wildman–Crippen LogP) is 2.46. The van der Waals surface area contributed by atoms with Crippen LogP contribution in [0.1, 0.15) is 0 Å². The topological polar surface area (TPSA) is 137 Å². The van der Waals surface area contributed by atoms with Crippen LogP contribution in [0.5, 0.6) is 5.88 Å². The molecule has 1 N–H and O–H groups in total. The van der Waals surface area contributed by atoms with E-state index in [0.29, 0.717) is 0 Å². The minimum absolute atomic E-state index is 0.00916. The molecule has 0 saturated heterocycles. The van der Waals surface area contributed by atoms with Gasteiger partial charge in [-0.1, -0.05) is 18.2 Å². The Morgan fingerprint density at radius 3 is 2.11 bits per heavy atom. The Labute approximate surface area is 150 Å². The average Bonchev–Trinajstić information content (AvgIpc) is 2.61. The van der Waals surface area contributed by atoms with Gasteiger partial charge in [0.25, 0.3) is 0 Å². The molecule has 27 heavy (non-hydrogen) atoms. The fourth-order valence-corrected chi connectivity index (χ4v) is 2.94. The van der Waals surface area contributed by atoms with Crippen LogP contribution in [0.2, 0.25) is 0 Å². The molecule has 1 aromatic carbocycles. The summed E-state index contributed by atoms with van der Waals surface area (Å²) in [4.78, 5) is 22.7. The van der Waals surface area contributed by atoms with E-state index in [1.165, 1.54) is 37.4 Å². The summed E-state index contributed by atoms with van der Waals surface area (Å²) >= 11 is 0. The van der Waals surface area contributed by atoms with Gasteiger partial charge in [-0.25, -0.2) is 13.2 Å². The Balaban J connectivity index is 0.000000445. The number of alkyl halides is 3. The van der Waals surface area contributed by atoms with Crippen LogP contribution < -0.4 is 4.74 Å². The lowest BCUT2D eigenvalue weighted by Crippen LogP contribution is -2.21. The second-order valence-electron chi connectivity index (χ2n) is 4.55. The zero-order valence-electron chi connectivity index (χ0n) is 13.4. The summed E-state index contributed by atoms with van der Waals surface area (Å²) in [5, 5.41) is 17.5. The highest BCUT2D eigenvalue weighted by Gasteiger charge is 2.38. The van der Waals surface area contributed by atoms with Crippen LogP contribution in [0.15, 0.2) is 52.4 Å².